The van der Waals surface area contributed by atoms with Gasteiger partial charge in [0.15, 0.2) is 6.29 Å². The molecule has 0 spiro atoms. The smallest absolute Gasteiger partial charge is 0.185 e. The van der Waals surface area contributed by atoms with Gasteiger partial charge in [-0.15, -0.1) is 0 Å². The standard InChI is InChI=1S/C15H16O3/c1-8-7-12-9(2)10-5-3-4-6-11(10)14(16)13(12)15(17)18-8/h3-6,8,15-17H,7H2,1-2H3. The summed E-state index contributed by atoms with van der Waals surface area (Å²) in [5.41, 5.74) is 2.66. The van der Waals surface area contributed by atoms with E-state index in [9.17, 15) is 10.2 Å². The molecule has 2 N–H and O–H groups in total. The number of fused-ring (bicyclic) bond motifs is 2. The first-order chi connectivity index (χ1) is 8.59. The van der Waals surface area contributed by atoms with Crippen LogP contribution in [0.25, 0.3) is 10.8 Å². The Kier molecular flexibility index (Phi) is 2.54. The summed E-state index contributed by atoms with van der Waals surface area (Å²) >= 11 is 0. The fourth-order valence-electron chi connectivity index (χ4n) is 2.82. The van der Waals surface area contributed by atoms with Crippen LogP contribution in [0.4, 0.5) is 0 Å². The summed E-state index contributed by atoms with van der Waals surface area (Å²) in [5, 5.41) is 22.2. The molecule has 2 aromatic rings. The SMILES string of the molecule is Cc1c2c(c(O)c3ccccc13)C(O)OC(C)C2. The Labute approximate surface area is 106 Å². The molecule has 0 aromatic heterocycles. The number of hydrogen-bond acceptors (Lipinski definition) is 3. The second kappa shape index (κ2) is 3.97. The third-order valence-electron chi connectivity index (χ3n) is 3.72. The lowest BCUT2D eigenvalue weighted by Gasteiger charge is -2.30. The number of phenols is 1. The van der Waals surface area contributed by atoms with Gasteiger partial charge in [0, 0.05) is 5.39 Å². The Morgan fingerprint density at radius 3 is 2.61 bits per heavy atom. The molecule has 0 bridgehead atoms. The predicted molar refractivity (Wildman–Crippen MR) is 69.6 cm³/mol. The third-order valence-corrected chi connectivity index (χ3v) is 3.72. The fraction of sp³-hybridized carbons (Fsp3) is 0.333. The summed E-state index contributed by atoms with van der Waals surface area (Å²) in [5.74, 6) is 0.144. The van der Waals surface area contributed by atoms with Crippen molar-refractivity contribution >= 4 is 10.8 Å². The van der Waals surface area contributed by atoms with Crippen molar-refractivity contribution in [2.24, 2.45) is 0 Å². The second-order valence-electron chi connectivity index (χ2n) is 4.91. The number of aliphatic hydroxyl groups excluding tert-OH is 1. The van der Waals surface area contributed by atoms with Gasteiger partial charge < -0.3 is 14.9 Å². The molecule has 0 saturated heterocycles. The van der Waals surface area contributed by atoms with Gasteiger partial charge in [-0.25, -0.2) is 0 Å². The van der Waals surface area contributed by atoms with E-state index in [2.05, 4.69) is 0 Å². The minimum atomic E-state index is -1.04. The molecule has 1 heterocycles. The first-order valence-electron chi connectivity index (χ1n) is 6.16. The molecular weight excluding hydrogens is 228 g/mol. The van der Waals surface area contributed by atoms with Crippen LogP contribution < -0.4 is 0 Å². The predicted octanol–water partition coefficient (Wildman–Crippen LogP) is 2.81. The highest BCUT2D eigenvalue weighted by molar-refractivity contribution is 5.93. The van der Waals surface area contributed by atoms with Crippen molar-refractivity contribution < 1.29 is 14.9 Å². The van der Waals surface area contributed by atoms with E-state index in [-0.39, 0.29) is 11.9 Å². The van der Waals surface area contributed by atoms with Crippen LogP contribution in [0.2, 0.25) is 0 Å². The summed E-state index contributed by atoms with van der Waals surface area (Å²) < 4.78 is 5.39. The van der Waals surface area contributed by atoms with Gasteiger partial charge in [-0.3, -0.25) is 0 Å². The van der Waals surface area contributed by atoms with Gasteiger partial charge in [0.1, 0.15) is 5.75 Å². The maximum Gasteiger partial charge on any atom is 0.185 e. The first kappa shape index (κ1) is 11.5. The molecule has 3 nitrogen and oxygen atoms in total. The molecule has 0 radical (unpaired) electrons. The highest BCUT2D eigenvalue weighted by atomic mass is 16.6. The Hall–Kier alpha value is -1.58. The van der Waals surface area contributed by atoms with Gasteiger partial charge in [-0.1, -0.05) is 24.3 Å². The average Bonchev–Trinajstić information content (AvgIpc) is 2.35. The van der Waals surface area contributed by atoms with Crippen molar-refractivity contribution in [3.05, 3.63) is 41.0 Å². The molecule has 3 heteroatoms. The van der Waals surface area contributed by atoms with Crippen LogP contribution in [0.1, 0.15) is 29.9 Å². The van der Waals surface area contributed by atoms with Crippen molar-refractivity contribution in [3.8, 4) is 5.75 Å². The quantitative estimate of drug-likeness (QED) is 0.749. The molecule has 2 atom stereocenters. The Morgan fingerprint density at radius 2 is 1.89 bits per heavy atom. The average molecular weight is 244 g/mol. The lowest BCUT2D eigenvalue weighted by atomic mass is 9.89. The molecule has 1 aliphatic rings. The topological polar surface area (TPSA) is 49.7 Å². The van der Waals surface area contributed by atoms with E-state index in [4.69, 9.17) is 4.74 Å². The van der Waals surface area contributed by atoms with E-state index in [1.165, 1.54) is 0 Å². The molecule has 18 heavy (non-hydrogen) atoms. The van der Waals surface area contributed by atoms with Crippen LogP contribution in [-0.4, -0.2) is 16.3 Å². The summed E-state index contributed by atoms with van der Waals surface area (Å²) in [6.07, 6.45) is -0.352. The van der Waals surface area contributed by atoms with Crippen molar-refractivity contribution in [1.29, 1.82) is 0 Å². The number of phenolic OH excluding ortho intramolecular Hbond substituents is 1. The molecule has 0 saturated carbocycles. The van der Waals surface area contributed by atoms with Crippen LogP contribution in [0, 0.1) is 6.92 Å². The summed E-state index contributed by atoms with van der Waals surface area (Å²) in [7, 11) is 0. The van der Waals surface area contributed by atoms with Crippen LogP contribution in [0.3, 0.4) is 0 Å². The monoisotopic (exact) mass is 244 g/mol. The first-order valence-corrected chi connectivity index (χ1v) is 6.16. The van der Waals surface area contributed by atoms with Crippen LogP contribution >= 0.6 is 0 Å². The Balaban J connectivity index is 2.40. The lowest BCUT2D eigenvalue weighted by molar-refractivity contribution is -0.144. The molecule has 1 aliphatic heterocycles. The van der Waals surface area contributed by atoms with Crippen molar-refractivity contribution in [3.63, 3.8) is 0 Å². The normalized spacial score (nSPS) is 23.1. The molecular formula is C15H16O3. The largest absolute Gasteiger partial charge is 0.507 e. The van der Waals surface area contributed by atoms with Crippen molar-refractivity contribution in [2.75, 3.05) is 0 Å². The van der Waals surface area contributed by atoms with Gasteiger partial charge in [0.05, 0.1) is 11.7 Å². The zero-order valence-electron chi connectivity index (χ0n) is 10.5. The van der Waals surface area contributed by atoms with E-state index in [0.29, 0.717) is 5.56 Å². The van der Waals surface area contributed by atoms with Crippen LogP contribution in [-0.2, 0) is 11.2 Å². The molecule has 94 valence electrons. The zero-order chi connectivity index (χ0) is 12.9. The van der Waals surface area contributed by atoms with Gasteiger partial charge >= 0.3 is 0 Å². The Morgan fingerprint density at radius 1 is 1.22 bits per heavy atom. The second-order valence-corrected chi connectivity index (χ2v) is 4.91. The number of benzene rings is 2. The van der Waals surface area contributed by atoms with E-state index in [1.54, 1.807) is 0 Å². The summed E-state index contributed by atoms with van der Waals surface area (Å²) in [4.78, 5) is 0. The van der Waals surface area contributed by atoms with Gasteiger partial charge in [-0.05, 0) is 36.8 Å². The summed E-state index contributed by atoms with van der Waals surface area (Å²) in [6, 6.07) is 7.70. The zero-order valence-corrected chi connectivity index (χ0v) is 10.5. The molecule has 0 amide bonds. The maximum atomic E-state index is 10.3. The van der Waals surface area contributed by atoms with E-state index < -0.39 is 6.29 Å². The van der Waals surface area contributed by atoms with E-state index in [0.717, 1.165) is 28.3 Å². The molecule has 2 unspecified atom stereocenters. The number of aryl methyl sites for hydroxylation is 1. The maximum absolute atomic E-state index is 10.3. The van der Waals surface area contributed by atoms with E-state index in [1.807, 2.05) is 38.1 Å². The summed E-state index contributed by atoms with van der Waals surface area (Å²) in [6.45, 7) is 3.96. The number of aromatic hydroxyl groups is 1. The van der Waals surface area contributed by atoms with Crippen LogP contribution in [0.5, 0.6) is 5.75 Å². The molecule has 0 fully saturated rings. The van der Waals surface area contributed by atoms with Gasteiger partial charge in [0.2, 0.25) is 0 Å². The number of rotatable bonds is 0. The molecule has 3 rings (SSSR count). The van der Waals surface area contributed by atoms with Crippen molar-refractivity contribution in [1.82, 2.24) is 0 Å². The minimum Gasteiger partial charge on any atom is -0.507 e. The van der Waals surface area contributed by atoms with Gasteiger partial charge in [0.25, 0.3) is 0 Å². The number of hydrogen-bond donors (Lipinski definition) is 2. The fourth-order valence-corrected chi connectivity index (χ4v) is 2.82. The number of aliphatic hydroxyl groups is 1. The third kappa shape index (κ3) is 1.51. The minimum absolute atomic E-state index is 0.0354. The number of ether oxygens (including phenoxy) is 1. The highest BCUT2D eigenvalue weighted by Gasteiger charge is 2.29. The lowest BCUT2D eigenvalue weighted by Crippen LogP contribution is -2.24. The van der Waals surface area contributed by atoms with Crippen molar-refractivity contribution in [2.45, 2.75) is 32.7 Å². The Bertz CT molecular complexity index is 619. The van der Waals surface area contributed by atoms with Gasteiger partial charge in [-0.2, -0.15) is 0 Å². The molecule has 2 aromatic carbocycles. The van der Waals surface area contributed by atoms with E-state index >= 15 is 0 Å². The highest BCUT2D eigenvalue weighted by Crippen LogP contribution is 2.42. The molecule has 0 aliphatic carbocycles. The van der Waals surface area contributed by atoms with Crippen LogP contribution in [0.15, 0.2) is 24.3 Å².